The highest BCUT2D eigenvalue weighted by Gasteiger charge is 2.25. The largest absolute Gasteiger partial charge is 0.248 e. The van der Waals surface area contributed by atoms with Crippen LogP contribution in [0, 0.1) is 12.3 Å². The third kappa shape index (κ3) is 1.12. The Kier molecular flexibility index (Phi) is 1.40. The van der Waals surface area contributed by atoms with Crippen LogP contribution in [-0.4, -0.2) is 4.98 Å². The molecule has 1 fully saturated rings. The van der Waals surface area contributed by atoms with Crippen LogP contribution in [0.15, 0.2) is 18.3 Å². The fourth-order valence-electron chi connectivity index (χ4n) is 1.26. The van der Waals surface area contributed by atoms with E-state index >= 15 is 0 Å². The van der Waals surface area contributed by atoms with Gasteiger partial charge in [0, 0.05) is 6.20 Å². The number of rotatable bonds is 1. The second-order valence-corrected chi connectivity index (χ2v) is 2.86. The average Bonchev–Trinajstić information content (AvgIpc) is 2.87. The average molecular weight is 143 g/mol. The van der Waals surface area contributed by atoms with Gasteiger partial charge in [0.15, 0.2) is 0 Å². The van der Waals surface area contributed by atoms with Crippen LogP contribution in [0.2, 0.25) is 0 Å². The quantitative estimate of drug-likeness (QED) is 0.547. The summed E-state index contributed by atoms with van der Waals surface area (Å²) in [5, 5.41) is 0. The molecule has 1 aromatic rings. The monoisotopic (exact) mass is 143 g/mol. The second kappa shape index (κ2) is 2.39. The summed E-state index contributed by atoms with van der Waals surface area (Å²) in [5.74, 6) is 3.31. The number of hydrogen-bond donors (Lipinski definition) is 0. The second-order valence-electron chi connectivity index (χ2n) is 2.86. The van der Waals surface area contributed by atoms with Gasteiger partial charge in [0.05, 0.1) is 0 Å². The standard InChI is InChI=1S/C10H9N/c1-2-10-9(8-5-6-8)4-3-7-11-10/h1,3-4,7-8H,5-6H2. The van der Waals surface area contributed by atoms with Gasteiger partial charge in [-0.3, -0.25) is 0 Å². The lowest BCUT2D eigenvalue weighted by Gasteiger charge is -1.98. The Balaban J connectivity index is 2.44. The molecule has 54 valence electrons. The zero-order chi connectivity index (χ0) is 7.68. The van der Waals surface area contributed by atoms with E-state index in [2.05, 4.69) is 17.0 Å². The molecular weight excluding hydrogens is 134 g/mol. The van der Waals surface area contributed by atoms with Crippen LogP contribution in [-0.2, 0) is 0 Å². The first-order chi connectivity index (χ1) is 5.42. The number of terminal acetylenes is 1. The fraction of sp³-hybridized carbons (Fsp3) is 0.300. The van der Waals surface area contributed by atoms with Crippen molar-refractivity contribution < 1.29 is 0 Å². The third-order valence-electron chi connectivity index (χ3n) is 1.99. The van der Waals surface area contributed by atoms with Crippen LogP contribution in [0.3, 0.4) is 0 Å². The molecule has 0 aliphatic heterocycles. The zero-order valence-corrected chi connectivity index (χ0v) is 6.25. The molecule has 1 heteroatoms. The molecule has 2 rings (SSSR count). The van der Waals surface area contributed by atoms with E-state index in [4.69, 9.17) is 6.42 Å². The summed E-state index contributed by atoms with van der Waals surface area (Å²) >= 11 is 0. The van der Waals surface area contributed by atoms with Crippen molar-refractivity contribution in [2.75, 3.05) is 0 Å². The van der Waals surface area contributed by atoms with Gasteiger partial charge in [0.2, 0.25) is 0 Å². The molecule has 0 unspecified atom stereocenters. The predicted molar refractivity (Wildman–Crippen MR) is 44.1 cm³/mol. The summed E-state index contributed by atoms with van der Waals surface area (Å²) in [6, 6.07) is 4.04. The van der Waals surface area contributed by atoms with Crippen molar-refractivity contribution >= 4 is 0 Å². The Morgan fingerprint density at radius 2 is 2.36 bits per heavy atom. The Morgan fingerprint density at radius 3 is 3.00 bits per heavy atom. The Labute approximate surface area is 66.5 Å². The molecule has 0 spiro atoms. The van der Waals surface area contributed by atoms with Gasteiger partial charge in [-0.15, -0.1) is 6.42 Å². The summed E-state index contributed by atoms with van der Waals surface area (Å²) in [7, 11) is 0. The van der Waals surface area contributed by atoms with Gasteiger partial charge >= 0.3 is 0 Å². The molecule has 0 bridgehead atoms. The minimum atomic E-state index is 0.703. The normalized spacial score (nSPS) is 15.9. The molecule has 0 amide bonds. The van der Waals surface area contributed by atoms with Gasteiger partial charge in [-0.05, 0) is 36.3 Å². The molecule has 1 nitrogen and oxygen atoms in total. The zero-order valence-electron chi connectivity index (χ0n) is 6.25. The maximum Gasteiger partial charge on any atom is 0.116 e. The molecule has 0 atom stereocenters. The lowest BCUT2D eigenvalue weighted by Crippen LogP contribution is -1.89. The highest BCUT2D eigenvalue weighted by molar-refractivity contribution is 5.37. The van der Waals surface area contributed by atoms with Gasteiger partial charge in [-0.25, -0.2) is 4.98 Å². The fourth-order valence-corrected chi connectivity index (χ4v) is 1.26. The maximum atomic E-state index is 5.30. The van der Waals surface area contributed by atoms with Crippen molar-refractivity contribution in [2.45, 2.75) is 18.8 Å². The van der Waals surface area contributed by atoms with Crippen molar-refractivity contribution in [1.82, 2.24) is 4.98 Å². The molecule has 1 saturated carbocycles. The molecule has 1 aliphatic carbocycles. The number of aromatic nitrogens is 1. The lowest BCUT2D eigenvalue weighted by molar-refractivity contribution is 1.08. The van der Waals surface area contributed by atoms with Crippen molar-refractivity contribution in [3.05, 3.63) is 29.6 Å². The summed E-state index contributed by atoms with van der Waals surface area (Å²) in [4.78, 5) is 4.12. The van der Waals surface area contributed by atoms with E-state index < -0.39 is 0 Å². The van der Waals surface area contributed by atoms with Crippen molar-refractivity contribution in [1.29, 1.82) is 0 Å². The molecule has 0 radical (unpaired) electrons. The lowest BCUT2D eigenvalue weighted by atomic mass is 10.1. The van der Waals surface area contributed by atoms with Gasteiger partial charge in [-0.2, -0.15) is 0 Å². The van der Waals surface area contributed by atoms with Gasteiger partial charge in [-0.1, -0.05) is 6.07 Å². The molecule has 1 aromatic heterocycles. The van der Waals surface area contributed by atoms with Crippen LogP contribution in [0.1, 0.15) is 30.0 Å². The third-order valence-corrected chi connectivity index (χ3v) is 1.99. The van der Waals surface area contributed by atoms with Crippen LogP contribution in [0.4, 0.5) is 0 Å². The van der Waals surface area contributed by atoms with Crippen molar-refractivity contribution in [3.8, 4) is 12.3 Å². The van der Waals surface area contributed by atoms with Crippen LogP contribution < -0.4 is 0 Å². The van der Waals surface area contributed by atoms with Crippen LogP contribution >= 0.6 is 0 Å². The minimum absolute atomic E-state index is 0.703. The Hall–Kier alpha value is -1.29. The molecule has 0 aromatic carbocycles. The highest BCUT2D eigenvalue weighted by Crippen LogP contribution is 2.40. The van der Waals surface area contributed by atoms with E-state index in [0.29, 0.717) is 5.92 Å². The van der Waals surface area contributed by atoms with Crippen LogP contribution in [0.5, 0.6) is 0 Å². The van der Waals surface area contributed by atoms with Gasteiger partial charge in [0.1, 0.15) is 5.69 Å². The van der Waals surface area contributed by atoms with E-state index in [9.17, 15) is 0 Å². The Bertz CT molecular complexity index is 305. The number of nitrogens with zero attached hydrogens (tertiary/aromatic N) is 1. The first kappa shape index (κ1) is 6.42. The summed E-state index contributed by atoms with van der Waals surface area (Å²) in [6.45, 7) is 0. The SMILES string of the molecule is C#Cc1ncccc1C1CC1. The van der Waals surface area contributed by atoms with Crippen LogP contribution in [0.25, 0.3) is 0 Å². The maximum absolute atomic E-state index is 5.30. The summed E-state index contributed by atoms with van der Waals surface area (Å²) < 4.78 is 0. The first-order valence-electron chi connectivity index (χ1n) is 3.83. The number of hydrogen-bond acceptors (Lipinski definition) is 1. The minimum Gasteiger partial charge on any atom is -0.248 e. The van der Waals surface area contributed by atoms with E-state index in [1.54, 1.807) is 6.20 Å². The van der Waals surface area contributed by atoms with Gasteiger partial charge in [0.25, 0.3) is 0 Å². The van der Waals surface area contributed by atoms with E-state index in [1.165, 1.54) is 18.4 Å². The molecular formula is C10H9N. The van der Waals surface area contributed by atoms with Gasteiger partial charge < -0.3 is 0 Å². The van der Waals surface area contributed by atoms with E-state index in [-0.39, 0.29) is 0 Å². The topological polar surface area (TPSA) is 12.9 Å². The molecule has 1 heterocycles. The van der Waals surface area contributed by atoms with E-state index in [0.717, 1.165) is 5.69 Å². The highest BCUT2D eigenvalue weighted by atomic mass is 14.7. The van der Waals surface area contributed by atoms with E-state index in [1.807, 2.05) is 6.07 Å². The smallest absolute Gasteiger partial charge is 0.116 e. The Morgan fingerprint density at radius 1 is 1.55 bits per heavy atom. The molecule has 0 N–H and O–H groups in total. The van der Waals surface area contributed by atoms with Crippen molar-refractivity contribution in [2.24, 2.45) is 0 Å². The summed E-state index contributed by atoms with van der Waals surface area (Å²) in [5.41, 5.74) is 2.09. The first-order valence-corrected chi connectivity index (χ1v) is 3.83. The molecule has 11 heavy (non-hydrogen) atoms. The number of pyridine rings is 1. The predicted octanol–water partition coefficient (Wildman–Crippen LogP) is 1.94. The summed E-state index contributed by atoms with van der Waals surface area (Å²) in [6.07, 6.45) is 9.61. The van der Waals surface area contributed by atoms with Crippen molar-refractivity contribution in [3.63, 3.8) is 0 Å². The molecule has 1 aliphatic rings. The molecule has 0 saturated heterocycles.